The van der Waals surface area contributed by atoms with Gasteiger partial charge in [-0.15, -0.1) is 0 Å². The quantitative estimate of drug-likeness (QED) is 0.525. The fraction of sp³-hybridized carbons (Fsp3) is 0.941. The minimum Gasteiger partial charge on any atom is -0.466 e. The second-order valence-electron chi connectivity index (χ2n) is 7.10. The first-order valence-electron chi connectivity index (χ1n) is 8.31. The van der Waals surface area contributed by atoms with Gasteiger partial charge in [0.1, 0.15) is 0 Å². The molecule has 0 aromatic rings. The molecule has 3 heteroatoms. The van der Waals surface area contributed by atoms with Crippen LogP contribution in [0.2, 0.25) is 0 Å². The molecule has 0 unspecified atom stereocenters. The van der Waals surface area contributed by atoms with Gasteiger partial charge >= 0.3 is 5.97 Å². The molecule has 1 aliphatic rings. The highest BCUT2D eigenvalue weighted by Gasteiger charge is 2.28. The monoisotopic (exact) mass is 283 g/mol. The predicted molar refractivity (Wildman–Crippen MR) is 83.7 cm³/mol. The number of rotatable bonds is 7. The molecule has 118 valence electrons. The molecular weight excluding hydrogens is 250 g/mol. The second-order valence-corrected chi connectivity index (χ2v) is 7.10. The van der Waals surface area contributed by atoms with Crippen LogP contribution in [0.25, 0.3) is 0 Å². The van der Waals surface area contributed by atoms with Crippen molar-refractivity contribution in [2.45, 2.75) is 66.2 Å². The minimum absolute atomic E-state index is 0.0431. The summed E-state index contributed by atoms with van der Waals surface area (Å²) in [6.45, 7) is 13.1. The molecule has 0 N–H and O–H groups in total. The fourth-order valence-corrected chi connectivity index (χ4v) is 3.04. The molecule has 1 rings (SSSR count). The topological polar surface area (TPSA) is 29.5 Å². The predicted octanol–water partition coefficient (Wildman–Crippen LogP) is 3.87. The zero-order valence-corrected chi connectivity index (χ0v) is 13.9. The van der Waals surface area contributed by atoms with Gasteiger partial charge in [-0.2, -0.15) is 0 Å². The van der Waals surface area contributed by atoms with E-state index in [9.17, 15) is 4.79 Å². The van der Waals surface area contributed by atoms with Crippen LogP contribution in [0.15, 0.2) is 0 Å². The van der Waals surface area contributed by atoms with Gasteiger partial charge in [0.15, 0.2) is 0 Å². The van der Waals surface area contributed by atoms with Crippen molar-refractivity contribution in [1.82, 2.24) is 4.90 Å². The molecule has 0 aromatic carbocycles. The third kappa shape index (κ3) is 6.74. The van der Waals surface area contributed by atoms with Gasteiger partial charge in [-0.05, 0) is 63.6 Å². The summed E-state index contributed by atoms with van der Waals surface area (Å²) >= 11 is 0. The van der Waals surface area contributed by atoms with Gasteiger partial charge in [-0.25, -0.2) is 0 Å². The fourth-order valence-electron chi connectivity index (χ4n) is 3.04. The number of piperidine rings is 1. The van der Waals surface area contributed by atoms with Crippen molar-refractivity contribution >= 4 is 5.97 Å². The molecule has 0 spiro atoms. The van der Waals surface area contributed by atoms with Gasteiger partial charge < -0.3 is 9.64 Å². The third-order valence-corrected chi connectivity index (χ3v) is 4.47. The number of likely N-dealkylation sites (tertiary alicyclic amines) is 1. The molecule has 0 aliphatic carbocycles. The molecule has 3 nitrogen and oxygen atoms in total. The molecule has 0 aromatic heterocycles. The van der Waals surface area contributed by atoms with Crippen LogP contribution in [-0.4, -0.2) is 37.1 Å². The van der Waals surface area contributed by atoms with E-state index in [0.717, 1.165) is 18.8 Å². The molecule has 0 amide bonds. The number of nitrogens with zero attached hydrogens (tertiary/aromatic N) is 1. The number of hydrogen-bond donors (Lipinski definition) is 0. The molecule has 0 radical (unpaired) electrons. The Kier molecular flexibility index (Phi) is 7.57. The van der Waals surface area contributed by atoms with E-state index in [1.807, 2.05) is 6.92 Å². The summed E-state index contributed by atoms with van der Waals surface area (Å²) in [6.07, 6.45) is 6.58. The Balaban J connectivity index is 2.03. The number of hydrogen-bond acceptors (Lipinski definition) is 3. The average Bonchev–Trinajstić information content (AvgIpc) is 2.38. The van der Waals surface area contributed by atoms with Gasteiger partial charge in [-0.3, -0.25) is 4.79 Å². The molecule has 0 atom stereocenters. The summed E-state index contributed by atoms with van der Waals surface area (Å²) in [5, 5.41) is 0. The van der Waals surface area contributed by atoms with Gasteiger partial charge in [0.2, 0.25) is 0 Å². The number of carbonyl (C=O) groups excluding carboxylic acids is 1. The van der Waals surface area contributed by atoms with Crippen molar-refractivity contribution in [3.8, 4) is 0 Å². The van der Waals surface area contributed by atoms with Crippen molar-refractivity contribution in [3.63, 3.8) is 0 Å². The summed E-state index contributed by atoms with van der Waals surface area (Å²) < 4.78 is 4.93. The highest BCUT2D eigenvalue weighted by Crippen LogP contribution is 2.34. The molecule has 20 heavy (non-hydrogen) atoms. The molecule has 1 heterocycles. The van der Waals surface area contributed by atoms with Crippen LogP contribution in [0.1, 0.15) is 66.2 Å². The van der Waals surface area contributed by atoms with Gasteiger partial charge in [0.25, 0.3) is 0 Å². The first-order chi connectivity index (χ1) is 9.43. The summed E-state index contributed by atoms with van der Waals surface area (Å²) in [6, 6.07) is 0. The molecule has 0 bridgehead atoms. The normalized spacial score (nSPS) is 18.2. The van der Waals surface area contributed by atoms with Gasteiger partial charge in [0, 0.05) is 6.42 Å². The van der Waals surface area contributed by atoms with E-state index in [2.05, 4.69) is 25.7 Å². The number of unbranched alkanes of at least 4 members (excludes halogenated alkanes) is 2. The van der Waals surface area contributed by atoms with Crippen molar-refractivity contribution in [2.75, 3.05) is 26.2 Å². The number of ether oxygens (including phenoxy) is 1. The smallest absolute Gasteiger partial charge is 0.305 e. The molecule has 1 aliphatic heterocycles. The van der Waals surface area contributed by atoms with Crippen LogP contribution in [0.3, 0.4) is 0 Å². The van der Waals surface area contributed by atoms with Crippen LogP contribution in [0.5, 0.6) is 0 Å². The highest BCUT2D eigenvalue weighted by atomic mass is 16.5. The van der Waals surface area contributed by atoms with Crippen LogP contribution in [-0.2, 0) is 9.53 Å². The molecule has 1 fully saturated rings. The second kappa shape index (κ2) is 8.66. The van der Waals surface area contributed by atoms with Crippen LogP contribution >= 0.6 is 0 Å². The minimum atomic E-state index is -0.0431. The summed E-state index contributed by atoms with van der Waals surface area (Å²) in [5.41, 5.74) is 0.464. The first kappa shape index (κ1) is 17.5. The number of carbonyl (C=O) groups is 1. The van der Waals surface area contributed by atoms with Crippen molar-refractivity contribution < 1.29 is 9.53 Å². The maximum absolute atomic E-state index is 11.2. The SMILES string of the molecule is CCOC(=O)CCCCCN1CCC(C(C)(C)C)CC1. The van der Waals surface area contributed by atoms with Gasteiger partial charge in [-0.1, -0.05) is 27.2 Å². The molecular formula is C17H33NO2. The first-order valence-corrected chi connectivity index (χ1v) is 8.31. The maximum Gasteiger partial charge on any atom is 0.305 e. The van der Waals surface area contributed by atoms with E-state index < -0.39 is 0 Å². The Bertz CT molecular complexity index is 275. The Morgan fingerprint density at radius 1 is 1.15 bits per heavy atom. The lowest BCUT2D eigenvalue weighted by Crippen LogP contribution is -2.38. The lowest BCUT2D eigenvalue weighted by molar-refractivity contribution is -0.143. The Hall–Kier alpha value is -0.570. The maximum atomic E-state index is 11.2. The van der Waals surface area contributed by atoms with Crippen LogP contribution < -0.4 is 0 Å². The summed E-state index contributed by atoms with van der Waals surface area (Å²) in [4.78, 5) is 13.8. The average molecular weight is 283 g/mol. The zero-order chi connectivity index (χ0) is 15.0. The summed E-state index contributed by atoms with van der Waals surface area (Å²) in [5.74, 6) is 0.834. The molecule has 0 saturated carbocycles. The largest absolute Gasteiger partial charge is 0.466 e. The van der Waals surface area contributed by atoms with Crippen LogP contribution in [0.4, 0.5) is 0 Å². The summed E-state index contributed by atoms with van der Waals surface area (Å²) in [7, 11) is 0. The lowest BCUT2D eigenvalue weighted by Gasteiger charge is -2.38. The van der Waals surface area contributed by atoms with Crippen LogP contribution in [0, 0.1) is 11.3 Å². The van der Waals surface area contributed by atoms with E-state index in [4.69, 9.17) is 4.74 Å². The van der Waals surface area contributed by atoms with E-state index in [-0.39, 0.29) is 5.97 Å². The number of esters is 1. The van der Waals surface area contributed by atoms with E-state index in [1.165, 1.54) is 38.9 Å². The van der Waals surface area contributed by atoms with Gasteiger partial charge in [0.05, 0.1) is 6.61 Å². The van der Waals surface area contributed by atoms with E-state index in [0.29, 0.717) is 18.4 Å². The highest BCUT2D eigenvalue weighted by molar-refractivity contribution is 5.69. The Morgan fingerprint density at radius 2 is 1.80 bits per heavy atom. The Morgan fingerprint density at radius 3 is 2.35 bits per heavy atom. The Labute approximate surface area is 125 Å². The molecule has 1 saturated heterocycles. The third-order valence-electron chi connectivity index (χ3n) is 4.47. The van der Waals surface area contributed by atoms with E-state index in [1.54, 1.807) is 0 Å². The van der Waals surface area contributed by atoms with E-state index >= 15 is 0 Å². The zero-order valence-electron chi connectivity index (χ0n) is 13.9. The van der Waals surface area contributed by atoms with Crippen molar-refractivity contribution in [2.24, 2.45) is 11.3 Å². The standard InChI is InChI=1S/C17H33NO2/c1-5-20-16(19)9-7-6-8-12-18-13-10-15(11-14-18)17(2,3)4/h15H,5-14H2,1-4H3. The van der Waals surface area contributed by atoms with Crippen molar-refractivity contribution in [3.05, 3.63) is 0 Å². The lowest BCUT2D eigenvalue weighted by atomic mass is 9.75. The van der Waals surface area contributed by atoms with Crippen molar-refractivity contribution in [1.29, 1.82) is 0 Å².